The molecule has 2 rings (SSSR count). The van der Waals surface area contributed by atoms with Crippen LogP contribution in [0.5, 0.6) is 0 Å². The van der Waals surface area contributed by atoms with Gasteiger partial charge in [0.05, 0.1) is 22.6 Å². The number of carbonyl (C=O) groups excluding carboxylic acids is 1. The molecule has 0 aliphatic rings. The van der Waals surface area contributed by atoms with Crippen molar-refractivity contribution in [1.29, 1.82) is 0 Å². The number of hydrogen-bond acceptors (Lipinski definition) is 3. The Hall–Kier alpha value is -2.18. The first-order valence-electron chi connectivity index (χ1n) is 7.54. The molecule has 0 saturated carbocycles. The standard InChI is InChI=1S/C16H24FN5O/c1-9-12(17)13(15(2,3)4)22(21-9)16(5,6)11-8-10(19-20-11)14(23)18-7/h8H,1-7H3,(H,18,23)(H,19,20). The third-order valence-corrected chi connectivity index (χ3v) is 3.92. The summed E-state index contributed by atoms with van der Waals surface area (Å²) in [5, 5.41) is 13.8. The quantitative estimate of drug-likeness (QED) is 0.912. The van der Waals surface area contributed by atoms with E-state index in [-0.39, 0.29) is 17.4 Å². The molecular weight excluding hydrogens is 297 g/mol. The van der Waals surface area contributed by atoms with E-state index >= 15 is 0 Å². The van der Waals surface area contributed by atoms with Crippen LogP contribution >= 0.6 is 0 Å². The summed E-state index contributed by atoms with van der Waals surface area (Å²) in [6, 6.07) is 1.67. The Kier molecular flexibility index (Phi) is 4.09. The number of nitrogens with zero attached hydrogens (tertiary/aromatic N) is 3. The topological polar surface area (TPSA) is 75.6 Å². The van der Waals surface area contributed by atoms with Crippen LogP contribution in [0.3, 0.4) is 0 Å². The molecule has 0 radical (unpaired) electrons. The molecule has 0 aromatic carbocycles. The van der Waals surface area contributed by atoms with Crippen molar-refractivity contribution < 1.29 is 9.18 Å². The highest BCUT2D eigenvalue weighted by Crippen LogP contribution is 2.33. The van der Waals surface area contributed by atoms with E-state index in [4.69, 9.17) is 0 Å². The normalized spacial score (nSPS) is 12.5. The number of aryl methyl sites for hydroxylation is 1. The number of aromatic nitrogens is 4. The molecule has 2 aromatic rings. The van der Waals surface area contributed by atoms with Gasteiger partial charge in [-0.3, -0.25) is 14.6 Å². The fourth-order valence-electron chi connectivity index (χ4n) is 2.55. The van der Waals surface area contributed by atoms with Crippen LogP contribution in [0, 0.1) is 12.7 Å². The van der Waals surface area contributed by atoms with Gasteiger partial charge in [0, 0.05) is 12.5 Å². The molecule has 6 nitrogen and oxygen atoms in total. The molecule has 0 spiro atoms. The second kappa shape index (κ2) is 5.47. The Labute approximate surface area is 135 Å². The number of amides is 1. The molecule has 2 heterocycles. The molecule has 0 aliphatic carbocycles. The van der Waals surface area contributed by atoms with E-state index in [0.717, 1.165) is 0 Å². The van der Waals surface area contributed by atoms with Crippen molar-refractivity contribution in [2.75, 3.05) is 7.05 Å². The Morgan fingerprint density at radius 2 is 1.91 bits per heavy atom. The van der Waals surface area contributed by atoms with Crippen LogP contribution < -0.4 is 5.32 Å². The molecular formula is C16H24FN5O. The number of carbonyl (C=O) groups is 1. The number of rotatable bonds is 3. The van der Waals surface area contributed by atoms with Crippen LogP contribution in [0.15, 0.2) is 6.07 Å². The second-order valence-electron chi connectivity index (χ2n) is 7.21. The van der Waals surface area contributed by atoms with Crippen LogP contribution in [0.25, 0.3) is 0 Å². The molecule has 2 aromatic heterocycles. The van der Waals surface area contributed by atoms with Gasteiger partial charge < -0.3 is 5.32 Å². The molecule has 0 fully saturated rings. The fourth-order valence-corrected chi connectivity index (χ4v) is 2.55. The zero-order valence-corrected chi connectivity index (χ0v) is 14.7. The highest BCUT2D eigenvalue weighted by molar-refractivity contribution is 5.92. The molecule has 1 amide bonds. The summed E-state index contributed by atoms with van der Waals surface area (Å²) in [4.78, 5) is 11.7. The Morgan fingerprint density at radius 1 is 1.30 bits per heavy atom. The fraction of sp³-hybridized carbons (Fsp3) is 0.562. The number of H-pyrrole nitrogens is 1. The lowest BCUT2D eigenvalue weighted by Gasteiger charge is -2.30. The first kappa shape index (κ1) is 17.2. The highest BCUT2D eigenvalue weighted by Gasteiger charge is 2.36. The summed E-state index contributed by atoms with van der Waals surface area (Å²) in [6.07, 6.45) is 0. The number of halogens is 1. The van der Waals surface area contributed by atoms with Gasteiger partial charge >= 0.3 is 0 Å². The van der Waals surface area contributed by atoms with Gasteiger partial charge in [-0.2, -0.15) is 10.2 Å². The SMILES string of the molecule is CNC(=O)c1cc(C(C)(C)n2nc(C)c(F)c2C(C)(C)C)[nH]n1. The van der Waals surface area contributed by atoms with Crippen molar-refractivity contribution in [3.8, 4) is 0 Å². The zero-order chi connectivity index (χ0) is 17.6. The van der Waals surface area contributed by atoms with Crippen LogP contribution in [0.4, 0.5) is 4.39 Å². The van der Waals surface area contributed by atoms with E-state index in [9.17, 15) is 9.18 Å². The van der Waals surface area contributed by atoms with Crippen molar-refractivity contribution in [1.82, 2.24) is 25.3 Å². The summed E-state index contributed by atoms with van der Waals surface area (Å²) in [5.74, 6) is -0.571. The van der Waals surface area contributed by atoms with Gasteiger partial charge in [-0.1, -0.05) is 20.8 Å². The number of nitrogens with one attached hydrogen (secondary N) is 2. The van der Waals surface area contributed by atoms with Crippen molar-refractivity contribution in [2.45, 2.75) is 52.5 Å². The lowest BCUT2D eigenvalue weighted by Crippen LogP contribution is -2.34. The third kappa shape index (κ3) is 2.87. The predicted octanol–water partition coefficient (Wildman–Crippen LogP) is 2.49. The molecule has 0 saturated heterocycles. The van der Waals surface area contributed by atoms with E-state index < -0.39 is 11.0 Å². The summed E-state index contributed by atoms with van der Waals surface area (Å²) >= 11 is 0. The molecule has 0 aliphatic heterocycles. The van der Waals surface area contributed by atoms with Gasteiger partial charge in [0.1, 0.15) is 5.69 Å². The minimum absolute atomic E-state index is 0.276. The van der Waals surface area contributed by atoms with E-state index in [0.29, 0.717) is 17.1 Å². The summed E-state index contributed by atoms with van der Waals surface area (Å²) in [5.41, 5.74) is 0.759. The van der Waals surface area contributed by atoms with Crippen molar-refractivity contribution >= 4 is 5.91 Å². The average Bonchev–Trinajstić information content (AvgIpc) is 3.04. The molecule has 7 heteroatoms. The monoisotopic (exact) mass is 321 g/mol. The van der Waals surface area contributed by atoms with Crippen LogP contribution in [0.2, 0.25) is 0 Å². The van der Waals surface area contributed by atoms with Crippen molar-refractivity contribution in [2.24, 2.45) is 0 Å². The first-order valence-corrected chi connectivity index (χ1v) is 7.54. The van der Waals surface area contributed by atoms with Crippen LogP contribution in [0.1, 0.15) is 62.2 Å². The Bertz CT molecular complexity index is 736. The van der Waals surface area contributed by atoms with Gasteiger partial charge in [0.2, 0.25) is 0 Å². The molecule has 23 heavy (non-hydrogen) atoms. The molecule has 2 N–H and O–H groups in total. The number of aromatic amines is 1. The third-order valence-electron chi connectivity index (χ3n) is 3.92. The summed E-state index contributed by atoms with van der Waals surface area (Å²) in [6.45, 7) is 11.3. The van der Waals surface area contributed by atoms with Crippen molar-refractivity contribution in [3.05, 3.63) is 34.7 Å². The Morgan fingerprint density at radius 3 is 2.43 bits per heavy atom. The van der Waals surface area contributed by atoms with Gasteiger partial charge in [0.25, 0.3) is 5.91 Å². The maximum Gasteiger partial charge on any atom is 0.271 e. The second-order valence-corrected chi connectivity index (χ2v) is 7.21. The van der Waals surface area contributed by atoms with Crippen LogP contribution in [-0.2, 0) is 11.0 Å². The van der Waals surface area contributed by atoms with Crippen LogP contribution in [-0.4, -0.2) is 32.9 Å². The minimum Gasteiger partial charge on any atom is -0.354 e. The summed E-state index contributed by atoms with van der Waals surface area (Å²) in [7, 11) is 1.55. The van der Waals surface area contributed by atoms with Gasteiger partial charge in [0.15, 0.2) is 5.82 Å². The minimum atomic E-state index is -0.684. The van der Waals surface area contributed by atoms with Crippen molar-refractivity contribution in [3.63, 3.8) is 0 Å². The lowest BCUT2D eigenvalue weighted by atomic mass is 9.89. The van der Waals surface area contributed by atoms with E-state index in [1.54, 1.807) is 24.7 Å². The highest BCUT2D eigenvalue weighted by atomic mass is 19.1. The lowest BCUT2D eigenvalue weighted by molar-refractivity contribution is 0.0958. The maximum atomic E-state index is 14.6. The van der Waals surface area contributed by atoms with E-state index in [1.165, 1.54) is 0 Å². The Balaban J connectivity index is 2.58. The summed E-state index contributed by atoms with van der Waals surface area (Å²) < 4.78 is 16.3. The average molecular weight is 321 g/mol. The molecule has 0 bridgehead atoms. The van der Waals surface area contributed by atoms with Gasteiger partial charge in [-0.25, -0.2) is 4.39 Å². The van der Waals surface area contributed by atoms with Gasteiger partial charge in [-0.05, 0) is 26.8 Å². The molecule has 0 unspecified atom stereocenters. The predicted molar refractivity (Wildman–Crippen MR) is 86.0 cm³/mol. The maximum absolute atomic E-state index is 14.6. The molecule has 126 valence electrons. The van der Waals surface area contributed by atoms with Gasteiger partial charge in [-0.15, -0.1) is 0 Å². The largest absolute Gasteiger partial charge is 0.354 e. The smallest absolute Gasteiger partial charge is 0.271 e. The van der Waals surface area contributed by atoms with E-state index in [2.05, 4.69) is 20.6 Å². The first-order chi connectivity index (χ1) is 10.5. The number of hydrogen-bond donors (Lipinski definition) is 2. The zero-order valence-electron chi connectivity index (χ0n) is 14.7. The van der Waals surface area contributed by atoms with E-state index in [1.807, 2.05) is 34.6 Å². The molecule has 0 atom stereocenters.